The number of rotatable bonds is 6. The molecule has 1 atom stereocenters. The average molecular weight is 434 g/mol. The quantitative estimate of drug-likeness (QED) is 0.354. The molecule has 4 aromatic rings. The summed E-state index contributed by atoms with van der Waals surface area (Å²) in [5.74, 6) is 1.84. The van der Waals surface area contributed by atoms with Crippen LogP contribution in [0, 0.1) is 6.92 Å². The highest BCUT2D eigenvalue weighted by molar-refractivity contribution is 6.28. The van der Waals surface area contributed by atoms with Gasteiger partial charge in [0.2, 0.25) is 5.28 Å². The Hall–Kier alpha value is -3.31. The Balaban J connectivity index is 1.69. The summed E-state index contributed by atoms with van der Waals surface area (Å²) in [6, 6.07) is 20.7. The van der Waals surface area contributed by atoms with Gasteiger partial charge >= 0.3 is 0 Å². The van der Waals surface area contributed by atoms with Gasteiger partial charge in [-0.15, -0.1) is 0 Å². The van der Waals surface area contributed by atoms with Gasteiger partial charge < -0.3 is 14.8 Å². The second-order valence-corrected chi connectivity index (χ2v) is 7.76. The van der Waals surface area contributed by atoms with E-state index in [-0.39, 0.29) is 11.3 Å². The number of benzene rings is 3. The zero-order chi connectivity index (χ0) is 22.0. The molecule has 1 unspecified atom stereocenters. The molecule has 1 heterocycles. The van der Waals surface area contributed by atoms with Crippen molar-refractivity contribution in [3.05, 3.63) is 77.1 Å². The van der Waals surface area contributed by atoms with Crippen molar-refractivity contribution >= 4 is 28.3 Å². The lowest BCUT2D eigenvalue weighted by molar-refractivity contribution is 0.356. The van der Waals surface area contributed by atoms with Crippen molar-refractivity contribution in [3.8, 4) is 22.6 Å². The van der Waals surface area contributed by atoms with E-state index in [1.54, 1.807) is 20.3 Å². The third kappa shape index (κ3) is 4.42. The molecule has 3 aromatic carbocycles. The second kappa shape index (κ2) is 8.82. The molecule has 0 aliphatic heterocycles. The Morgan fingerprint density at radius 2 is 1.58 bits per heavy atom. The minimum atomic E-state index is -0.00679. The van der Waals surface area contributed by atoms with Crippen LogP contribution in [-0.2, 0) is 0 Å². The Kier molecular flexibility index (Phi) is 5.96. The van der Waals surface area contributed by atoms with E-state index in [0.29, 0.717) is 22.8 Å². The van der Waals surface area contributed by atoms with Gasteiger partial charge in [-0.2, -0.15) is 0 Å². The van der Waals surface area contributed by atoms with Gasteiger partial charge in [0.15, 0.2) is 11.5 Å². The van der Waals surface area contributed by atoms with Gasteiger partial charge in [-0.1, -0.05) is 48.0 Å². The van der Waals surface area contributed by atoms with Gasteiger partial charge in [0.25, 0.3) is 0 Å². The first-order chi connectivity index (χ1) is 15.0. The van der Waals surface area contributed by atoms with E-state index >= 15 is 0 Å². The number of fused-ring (bicyclic) bond motifs is 1. The SMILES string of the molecule is COc1cc2nc(Cl)nc(NC(C)c3cccc(-c4ccc(C)cc4)c3)c2cc1OC. The van der Waals surface area contributed by atoms with Gasteiger partial charge in [-0.25, -0.2) is 9.97 Å². The summed E-state index contributed by atoms with van der Waals surface area (Å²) in [6.07, 6.45) is 0. The van der Waals surface area contributed by atoms with Gasteiger partial charge in [-0.05, 0) is 54.3 Å². The monoisotopic (exact) mass is 433 g/mol. The number of ether oxygens (including phenoxy) is 2. The number of aromatic nitrogens is 2. The normalized spacial score (nSPS) is 11.9. The number of nitrogens with zero attached hydrogens (tertiary/aromatic N) is 2. The number of anilines is 1. The third-order valence-corrected chi connectivity index (χ3v) is 5.47. The molecule has 0 bridgehead atoms. The van der Waals surface area contributed by atoms with E-state index in [1.165, 1.54) is 16.7 Å². The fraction of sp³-hybridized carbons (Fsp3) is 0.200. The van der Waals surface area contributed by atoms with Crippen molar-refractivity contribution in [2.45, 2.75) is 19.9 Å². The average Bonchev–Trinajstić information content (AvgIpc) is 2.78. The van der Waals surface area contributed by atoms with E-state index in [0.717, 1.165) is 10.9 Å². The molecular formula is C25H24ClN3O2. The van der Waals surface area contributed by atoms with Crippen molar-refractivity contribution in [3.63, 3.8) is 0 Å². The summed E-state index contributed by atoms with van der Waals surface area (Å²) in [5.41, 5.74) is 5.42. The molecule has 31 heavy (non-hydrogen) atoms. The van der Waals surface area contributed by atoms with Crippen LogP contribution in [0.1, 0.15) is 24.1 Å². The van der Waals surface area contributed by atoms with Crippen LogP contribution in [0.15, 0.2) is 60.7 Å². The van der Waals surface area contributed by atoms with Gasteiger partial charge in [0.05, 0.1) is 19.7 Å². The Labute approximate surface area is 187 Å². The van der Waals surface area contributed by atoms with Crippen LogP contribution in [0.5, 0.6) is 11.5 Å². The molecular weight excluding hydrogens is 410 g/mol. The molecule has 0 fully saturated rings. The molecule has 0 aliphatic rings. The number of methoxy groups -OCH3 is 2. The summed E-state index contributed by atoms with van der Waals surface area (Å²) >= 11 is 6.21. The lowest BCUT2D eigenvalue weighted by Gasteiger charge is -2.18. The van der Waals surface area contributed by atoms with Crippen LogP contribution in [0.25, 0.3) is 22.0 Å². The molecule has 6 heteroatoms. The predicted octanol–water partition coefficient (Wildman–Crippen LogP) is 6.45. The fourth-order valence-corrected chi connectivity index (χ4v) is 3.73. The highest BCUT2D eigenvalue weighted by Gasteiger charge is 2.15. The molecule has 1 aromatic heterocycles. The molecule has 0 amide bonds. The highest BCUT2D eigenvalue weighted by Crippen LogP contribution is 2.35. The zero-order valence-corrected chi connectivity index (χ0v) is 18.7. The molecule has 0 radical (unpaired) electrons. The van der Waals surface area contributed by atoms with E-state index in [9.17, 15) is 0 Å². The molecule has 0 saturated carbocycles. The Morgan fingerprint density at radius 3 is 2.29 bits per heavy atom. The summed E-state index contributed by atoms with van der Waals surface area (Å²) in [6.45, 7) is 4.19. The Morgan fingerprint density at radius 1 is 0.871 bits per heavy atom. The third-order valence-electron chi connectivity index (χ3n) is 5.30. The van der Waals surface area contributed by atoms with E-state index in [2.05, 4.69) is 77.7 Å². The number of halogens is 1. The molecule has 4 rings (SSSR count). The predicted molar refractivity (Wildman–Crippen MR) is 126 cm³/mol. The minimum absolute atomic E-state index is 0.00679. The summed E-state index contributed by atoms with van der Waals surface area (Å²) in [5, 5.41) is 4.46. The van der Waals surface area contributed by atoms with E-state index < -0.39 is 0 Å². The maximum Gasteiger partial charge on any atom is 0.224 e. The van der Waals surface area contributed by atoms with Crippen LogP contribution in [0.4, 0.5) is 5.82 Å². The van der Waals surface area contributed by atoms with Crippen LogP contribution in [0.2, 0.25) is 5.28 Å². The minimum Gasteiger partial charge on any atom is -0.493 e. The second-order valence-electron chi connectivity index (χ2n) is 7.42. The van der Waals surface area contributed by atoms with Crippen LogP contribution in [0.3, 0.4) is 0 Å². The first-order valence-corrected chi connectivity index (χ1v) is 10.4. The summed E-state index contributed by atoms with van der Waals surface area (Å²) in [4.78, 5) is 8.77. The van der Waals surface area contributed by atoms with Crippen molar-refractivity contribution in [1.82, 2.24) is 9.97 Å². The van der Waals surface area contributed by atoms with Crippen molar-refractivity contribution < 1.29 is 9.47 Å². The molecule has 158 valence electrons. The number of aryl methyl sites for hydroxylation is 1. The largest absolute Gasteiger partial charge is 0.493 e. The van der Waals surface area contributed by atoms with Gasteiger partial charge in [0, 0.05) is 17.5 Å². The molecule has 5 nitrogen and oxygen atoms in total. The highest BCUT2D eigenvalue weighted by atomic mass is 35.5. The summed E-state index contributed by atoms with van der Waals surface area (Å²) < 4.78 is 10.8. The van der Waals surface area contributed by atoms with Gasteiger partial charge in [-0.3, -0.25) is 0 Å². The van der Waals surface area contributed by atoms with Crippen LogP contribution < -0.4 is 14.8 Å². The summed E-state index contributed by atoms with van der Waals surface area (Å²) in [7, 11) is 3.20. The Bertz CT molecular complexity index is 1230. The lowest BCUT2D eigenvalue weighted by Crippen LogP contribution is -2.09. The maximum absolute atomic E-state index is 6.21. The molecule has 1 N–H and O–H groups in total. The molecule has 0 aliphatic carbocycles. The van der Waals surface area contributed by atoms with Crippen molar-refractivity contribution in [2.24, 2.45) is 0 Å². The van der Waals surface area contributed by atoms with E-state index in [1.807, 2.05) is 6.07 Å². The maximum atomic E-state index is 6.21. The number of hydrogen-bond acceptors (Lipinski definition) is 5. The topological polar surface area (TPSA) is 56.3 Å². The van der Waals surface area contributed by atoms with Crippen molar-refractivity contribution in [1.29, 1.82) is 0 Å². The number of hydrogen-bond donors (Lipinski definition) is 1. The van der Waals surface area contributed by atoms with Crippen molar-refractivity contribution in [2.75, 3.05) is 19.5 Å². The first kappa shape index (κ1) is 20.9. The molecule has 0 saturated heterocycles. The smallest absolute Gasteiger partial charge is 0.224 e. The first-order valence-electron chi connectivity index (χ1n) is 10.0. The standard InChI is InChI=1S/C25H24ClN3O2/c1-15-8-10-17(11-9-15)19-7-5-6-18(12-19)16(2)27-24-20-13-22(30-3)23(31-4)14-21(20)28-25(26)29-24/h5-14,16H,1-4H3,(H,27,28,29). The fourth-order valence-electron chi connectivity index (χ4n) is 3.56. The molecule has 0 spiro atoms. The number of nitrogens with one attached hydrogen (secondary N) is 1. The van der Waals surface area contributed by atoms with Crippen LogP contribution in [-0.4, -0.2) is 24.2 Å². The zero-order valence-electron chi connectivity index (χ0n) is 17.9. The van der Waals surface area contributed by atoms with E-state index in [4.69, 9.17) is 21.1 Å². The van der Waals surface area contributed by atoms with Crippen LogP contribution >= 0.6 is 11.6 Å². The van der Waals surface area contributed by atoms with Gasteiger partial charge in [0.1, 0.15) is 5.82 Å². The lowest BCUT2D eigenvalue weighted by atomic mass is 9.99.